The molecule has 2 aromatic rings. The molecule has 2 rings (SSSR count). The molecule has 0 saturated carbocycles. The number of terminal acetylenes is 1. The van der Waals surface area contributed by atoms with Gasteiger partial charge >= 0.3 is 6.09 Å². The summed E-state index contributed by atoms with van der Waals surface area (Å²) in [4.78, 5) is 43.8. The first-order chi connectivity index (χ1) is 14.2. The van der Waals surface area contributed by atoms with Crippen LogP contribution in [0.1, 0.15) is 17.0 Å². The van der Waals surface area contributed by atoms with E-state index in [0.717, 1.165) is 16.3 Å². The van der Waals surface area contributed by atoms with E-state index >= 15 is 0 Å². The van der Waals surface area contributed by atoms with E-state index < -0.39 is 11.7 Å². The van der Waals surface area contributed by atoms with Gasteiger partial charge in [-0.1, -0.05) is 5.92 Å². The Hall–Kier alpha value is -4.07. The van der Waals surface area contributed by atoms with Gasteiger partial charge in [-0.05, 0) is 19.9 Å². The molecule has 0 unspecified atom stereocenters. The van der Waals surface area contributed by atoms with Crippen molar-refractivity contribution in [2.75, 3.05) is 24.8 Å². The molecule has 0 aliphatic rings. The van der Waals surface area contributed by atoms with Gasteiger partial charge in [0.2, 0.25) is 11.7 Å². The third-order valence-corrected chi connectivity index (χ3v) is 4.14. The van der Waals surface area contributed by atoms with Crippen LogP contribution in [0.25, 0.3) is 0 Å². The summed E-state index contributed by atoms with van der Waals surface area (Å²) >= 11 is 0. The maximum atomic E-state index is 12.7. The lowest BCUT2D eigenvalue weighted by molar-refractivity contribution is -0.371. The molecular formula is C19H24N7O4+. The molecule has 0 saturated heterocycles. The molecule has 2 aromatic heterocycles. The van der Waals surface area contributed by atoms with Gasteiger partial charge in [0.1, 0.15) is 12.2 Å². The van der Waals surface area contributed by atoms with Crippen LogP contribution in [0, 0.1) is 26.2 Å². The first-order valence-electron chi connectivity index (χ1n) is 8.94. The number of nitrogens with zero attached hydrogens (tertiary/aromatic N) is 3. The average molecular weight is 414 g/mol. The summed E-state index contributed by atoms with van der Waals surface area (Å²) in [7, 11) is 1.35. The Balaban J connectivity index is 2.07. The van der Waals surface area contributed by atoms with E-state index in [1.54, 1.807) is 13.0 Å². The number of nitrogens with two attached hydrogens (primary N) is 1. The predicted molar refractivity (Wildman–Crippen MR) is 109 cm³/mol. The van der Waals surface area contributed by atoms with Crippen LogP contribution in [0.3, 0.4) is 0 Å². The van der Waals surface area contributed by atoms with Crippen LogP contribution in [0.15, 0.2) is 23.1 Å². The number of pyridine rings is 1. The third kappa shape index (κ3) is 5.71. The minimum absolute atomic E-state index is 0.141. The van der Waals surface area contributed by atoms with Gasteiger partial charge in [0.25, 0.3) is 11.4 Å². The summed E-state index contributed by atoms with van der Waals surface area (Å²) in [6.45, 7) is 3.34. The fraction of sp³-hybridized carbons (Fsp3) is 0.316. The summed E-state index contributed by atoms with van der Waals surface area (Å²) in [5, 5.41) is 3.69. The molecule has 0 fully saturated rings. The monoisotopic (exact) mass is 414 g/mol. The Bertz CT molecular complexity index is 1040. The second kappa shape index (κ2) is 9.92. The highest BCUT2D eigenvalue weighted by atomic mass is 16.6. The Morgan fingerprint density at radius 1 is 1.40 bits per heavy atom. The van der Waals surface area contributed by atoms with Crippen LogP contribution >= 0.6 is 0 Å². The van der Waals surface area contributed by atoms with Crippen LogP contribution in [-0.2, 0) is 22.6 Å². The number of hydrogen-bond acceptors (Lipinski definition) is 7. The lowest BCUT2D eigenvalue weighted by atomic mass is 10.2. The number of aromatic amines is 1. The molecule has 11 nitrogen and oxygen atoms in total. The molecule has 2 amide bonds. The minimum atomic E-state index is -0.783. The molecule has 0 aliphatic carbocycles. The number of hydrazine groups is 1. The highest BCUT2D eigenvalue weighted by Gasteiger charge is 2.16. The standard InChI is InChI=1S/C19H23N7O4/c1-5-8-30-19(29)25(4)24-17-18(28)26(12(2)9-22-17)11-16(27)21-10-14-6-7-15(20)23-13(14)3/h1,6-7,9H,8,10-11H2,2-4H3,(H2,20,23)(H,21,27)(H,22,24)/p+1. The van der Waals surface area contributed by atoms with Crippen molar-refractivity contribution in [3.8, 4) is 12.3 Å². The molecule has 0 bridgehead atoms. The number of nitrogens with one attached hydrogen (secondary N) is 3. The second-order valence-corrected chi connectivity index (χ2v) is 6.41. The Morgan fingerprint density at radius 2 is 2.13 bits per heavy atom. The molecule has 11 heteroatoms. The first-order valence-corrected chi connectivity index (χ1v) is 8.94. The summed E-state index contributed by atoms with van der Waals surface area (Å²) in [5.74, 6) is 2.18. The smallest absolute Gasteiger partial charge is 0.429 e. The number of carbonyl (C=O) groups excluding carboxylic acids is 2. The van der Waals surface area contributed by atoms with E-state index in [-0.39, 0.29) is 31.4 Å². The van der Waals surface area contributed by atoms with E-state index in [4.69, 9.17) is 16.9 Å². The molecule has 0 atom stereocenters. The topological polar surface area (TPSA) is 146 Å². The SMILES string of the molecule is C#CCOC(=O)N(C)Nc1ncc(C)n(CC(=O)NCc2ccc(N)[nH+]c2C)c1=O. The van der Waals surface area contributed by atoms with Crippen LogP contribution in [-0.4, -0.2) is 40.2 Å². The number of hydrogen-bond donors (Lipinski definition) is 3. The van der Waals surface area contributed by atoms with E-state index in [2.05, 4.69) is 26.6 Å². The van der Waals surface area contributed by atoms with Crippen LogP contribution < -0.4 is 27.0 Å². The molecule has 5 N–H and O–H groups in total. The van der Waals surface area contributed by atoms with E-state index in [1.165, 1.54) is 17.8 Å². The number of aromatic nitrogens is 3. The van der Waals surface area contributed by atoms with Crippen molar-refractivity contribution in [1.29, 1.82) is 0 Å². The van der Waals surface area contributed by atoms with Crippen molar-refractivity contribution in [3.05, 3.63) is 45.6 Å². The van der Waals surface area contributed by atoms with Crippen LogP contribution in [0.2, 0.25) is 0 Å². The van der Waals surface area contributed by atoms with Crippen molar-refractivity contribution >= 4 is 23.6 Å². The molecule has 2 heterocycles. The minimum Gasteiger partial charge on any atom is -0.435 e. The number of nitrogen functional groups attached to an aromatic ring is 1. The quantitative estimate of drug-likeness (QED) is 0.413. The van der Waals surface area contributed by atoms with Crippen molar-refractivity contribution < 1.29 is 19.3 Å². The summed E-state index contributed by atoms with van der Waals surface area (Å²) in [6, 6.07) is 3.51. The zero-order valence-corrected chi connectivity index (χ0v) is 17.0. The zero-order chi connectivity index (χ0) is 22.3. The highest BCUT2D eigenvalue weighted by molar-refractivity contribution is 5.76. The molecule has 0 aliphatic heterocycles. The van der Waals surface area contributed by atoms with Crippen molar-refractivity contribution in [1.82, 2.24) is 19.9 Å². The maximum Gasteiger partial charge on any atom is 0.429 e. The lowest BCUT2D eigenvalue weighted by Crippen LogP contribution is -2.39. The van der Waals surface area contributed by atoms with Crippen LogP contribution in [0.4, 0.5) is 16.4 Å². The summed E-state index contributed by atoms with van der Waals surface area (Å²) < 4.78 is 6.00. The molecule has 0 aromatic carbocycles. The van der Waals surface area contributed by atoms with E-state index in [9.17, 15) is 14.4 Å². The summed E-state index contributed by atoms with van der Waals surface area (Å²) in [6.07, 6.45) is 5.67. The first kappa shape index (κ1) is 22.2. The lowest BCUT2D eigenvalue weighted by Gasteiger charge is -2.18. The van der Waals surface area contributed by atoms with Crippen molar-refractivity contribution in [2.24, 2.45) is 0 Å². The van der Waals surface area contributed by atoms with Gasteiger partial charge in [-0.3, -0.25) is 25.3 Å². The van der Waals surface area contributed by atoms with Gasteiger partial charge in [-0.2, -0.15) is 0 Å². The van der Waals surface area contributed by atoms with Gasteiger partial charge in [0.05, 0.1) is 0 Å². The summed E-state index contributed by atoms with van der Waals surface area (Å²) in [5.41, 5.74) is 9.81. The Labute approximate surface area is 173 Å². The fourth-order valence-corrected chi connectivity index (χ4v) is 2.49. The molecule has 30 heavy (non-hydrogen) atoms. The van der Waals surface area contributed by atoms with Gasteiger partial charge in [-0.15, -0.1) is 6.42 Å². The van der Waals surface area contributed by atoms with Gasteiger partial charge < -0.3 is 10.1 Å². The van der Waals surface area contributed by atoms with E-state index in [0.29, 0.717) is 11.5 Å². The second-order valence-electron chi connectivity index (χ2n) is 6.41. The number of rotatable bonds is 7. The fourth-order valence-electron chi connectivity index (χ4n) is 2.49. The predicted octanol–water partition coefficient (Wildman–Crippen LogP) is -0.399. The molecule has 0 radical (unpaired) electrons. The van der Waals surface area contributed by atoms with Gasteiger partial charge in [0.15, 0.2) is 6.61 Å². The van der Waals surface area contributed by atoms with Gasteiger partial charge in [-0.25, -0.2) is 19.8 Å². The largest absolute Gasteiger partial charge is 0.435 e. The maximum absolute atomic E-state index is 12.7. The number of amides is 2. The van der Waals surface area contributed by atoms with E-state index in [1.807, 2.05) is 13.0 Å². The highest BCUT2D eigenvalue weighted by Crippen LogP contribution is 2.04. The molecule has 0 spiro atoms. The normalized spacial score (nSPS) is 10.1. The number of anilines is 2. The Kier molecular flexibility index (Phi) is 7.35. The molecule has 158 valence electrons. The number of aryl methyl sites for hydroxylation is 2. The average Bonchev–Trinajstić information content (AvgIpc) is 2.70. The van der Waals surface area contributed by atoms with Crippen molar-refractivity contribution in [3.63, 3.8) is 0 Å². The third-order valence-electron chi connectivity index (χ3n) is 4.14. The molecular weight excluding hydrogens is 390 g/mol. The number of ether oxygens (including phenoxy) is 1. The Morgan fingerprint density at radius 3 is 2.80 bits per heavy atom. The van der Waals surface area contributed by atoms with Gasteiger partial charge in [0, 0.05) is 37.1 Å². The number of H-pyrrole nitrogens is 1. The number of carbonyl (C=O) groups is 2. The zero-order valence-electron chi connectivity index (χ0n) is 17.0. The van der Waals surface area contributed by atoms with Crippen molar-refractivity contribution in [2.45, 2.75) is 26.9 Å². The van der Waals surface area contributed by atoms with Crippen LogP contribution in [0.5, 0.6) is 0 Å².